The van der Waals surface area contributed by atoms with Crippen LogP contribution in [0.15, 0.2) is 0 Å². The van der Waals surface area contributed by atoms with Gasteiger partial charge in [-0.1, -0.05) is 61.3 Å². The fourth-order valence-electron chi connectivity index (χ4n) is 9.77. The van der Waals surface area contributed by atoms with Crippen LogP contribution < -0.4 is 0 Å². The molecule has 75 heavy (non-hydrogen) atoms. The van der Waals surface area contributed by atoms with E-state index in [2.05, 4.69) is 0 Å². The summed E-state index contributed by atoms with van der Waals surface area (Å²) in [5.74, 6) is -2.22. The van der Waals surface area contributed by atoms with E-state index < -0.39 is 209 Å². The maximum absolute atomic E-state index is 13.5. The summed E-state index contributed by atoms with van der Waals surface area (Å²) in [7, 11) is 0. The van der Waals surface area contributed by atoms with E-state index >= 15 is 0 Å². The van der Waals surface area contributed by atoms with E-state index in [4.69, 9.17) is 52.1 Å². The smallest absolute Gasteiger partial charge is 0.308 e. The van der Waals surface area contributed by atoms with Crippen LogP contribution in [0, 0.1) is 17.3 Å². The van der Waals surface area contributed by atoms with Gasteiger partial charge in [0.15, 0.2) is 31.3 Å². The first kappa shape index (κ1) is 63.9. The zero-order chi connectivity index (χ0) is 56.0. The minimum atomic E-state index is -1.87. The third-order valence-electron chi connectivity index (χ3n) is 14.9. The molecule has 12 unspecified atom stereocenters. The molecular formula is C49H86O26. The van der Waals surface area contributed by atoms with Gasteiger partial charge >= 0.3 is 11.9 Å². The predicted molar refractivity (Wildman–Crippen MR) is 252 cm³/mol. The lowest BCUT2D eigenvalue weighted by atomic mass is 9.80. The van der Waals surface area contributed by atoms with E-state index in [0.29, 0.717) is 12.8 Å². The standard InChI is InChI=1S/C49H86O26/c1-10-19(3)27(69-30(55)14-24(52)13-28(20(4)11-2)70-48-36(61)33(58)29(16-50)71-48)12-23(51)15-31(56)72-41-21(5)67-44(49(7,8)9)43(38(41)63)75-47-37(62)34(59)40(22(6)68-47)73-46-39(64)42(26(54)18-66-46)74-45-35(60)32(57)25(53)17-65-45/h19-29,32-48,50-54,57-64H,10-18H2,1-9H3/t19-,20-,21?,22?,23-,24-,25+,26+,27-,28-,29-,32?,33?,34?,35?,36?,37?,38?,39?,40-,41-,42?,43?,44+,45-,46-,47-,48+/m0/s1. The van der Waals surface area contributed by atoms with Crippen LogP contribution in [0.3, 0.4) is 0 Å². The molecule has 438 valence electrons. The quantitative estimate of drug-likeness (QED) is 0.0439. The van der Waals surface area contributed by atoms with E-state index in [0.717, 1.165) is 0 Å². The van der Waals surface area contributed by atoms with Crippen molar-refractivity contribution in [1.29, 1.82) is 0 Å². The molecule has 5 aliphatic heterocycles. The Hall–Kier alpha value is -1.94. The van der Waals surface area contributed by atoms with Crippen LogP contribution in [-0.4, -0.2) is 258 Å². The number of hydrogen-bond donors (Lipinski definition) is 13. The van der Waals surface area contributed by atoms with Crippen LogP contribution in [0.5, 0.6) is 0 Å². The Morgan fingerprint density at radius 2 is 1.07 bits per heavy atom. The highest BCUT2D eigenvalue weighted by atomic mass is 16.8. The molecule has 28 atom stereocenters. The van der Waals surface area contributed by atoms with Crippen LogP contribution in [0.25, 0.3) is 0 Å². The minimum absolute atomic E-state index is 0.0677. The Balaban J connectivity index is 1.16. The molecule has 5 aliphatic rings. The van der Waals surface area contributed by atoms with Crippen LogP contribution in [0.1, 0.15) is 101 Å². The van der Waals surface area contributed by atoms with Crippen molar-refractivity contribution in [3.8, 4) is 0 Å². The summed E-state index contributed by atoms with van der Waals surface area (Å²) in [5.41, 5.74) is -0.750. The molecule has 0 aromatic carbocycles. The molecule has 5 rings (SSSR count). The number of aliphatic hydroxyl groups is 13. The summed E-state index contributed by atoms with van der Waals surface area (Å²) in [6.07, 6.45) is -36.5. The van der Waals surface area contributed by atoms with Crippen molar-refractivity contribution < 1.29 is 128 Å². The van der Waals surface area contributed by atoms with Gasteiger partial charge in [-0.05, 0) is 31.1 Å². The van der Waals surface area contributed by atoms with Crippen molar-refractivity contribution in [2.24, 2.45) is 17.3 Å². The minimum Gasteiger partial charge on any atom is -0.462 e. The summed E-state index contributed by atoms with van der Waals surface area (Å²) >= 11 is 0. The van der Waals surface area contributed by atoms with Crippen LogP contribution >= 0.6 is 0 Å². The zero-order valence-electron chi connectivity index (χ0n) is 44.2. The number of hydrogen-bond acceptors (Lipinski definition) is 26. The Morgan fingerprint density at radius 1 is 0.560 bits per heavy atom. The molecule has 0 aromatic heterocycles. The Bertz CT molecular complexity index is 1740. The number of rotatable bonds is 23. The molecular weight excluding hydrogens is 1000 g/mol. The molecule has 5 heterocycles. The lowest BCUT2D eigenvalue weighted by Crippen LogP contribution is -2.66. The van der Waals surface area contributed by atoms with Gasteiger partial charge in [0, 0.05) is 12.8 Å². The molecule has 0 saturated carbocycles. The fraction of sp³-hybridized carbons (Fsp3) is 0.959. The van der Waals surface area contributed by atoms with Gasteiger partial charge < -0.3 is 118 Å². The molecule has 26 nitrogen and oxygen atoms in total. The van der Waals surface area contributed by atoms with Crippen molar-refractivity contribution >= 4 is 11.9 Å². The van der Waals surface area contributed by atoms with E-state index in [1.165, 1.54) is 6.92 Å². The highest BCUT2D eigenvalue weighted by Crippen LogP contribution is 2.39. The van der Waals surface area contributed by atoms with Gasteiger partial charge in [0.2, 0.25) is 0 Å². The van der Waals surface area contributed by atoms with Crippen LogP contribution in [-0.2, 0) is 61.7 Å². The second kappa shape index (κ2) is 28.0. The second-order valence-electron chi connectivity index (χ2n) is 21.9. The normalized spacial score (nSPS) is 42.3. The Kier molecular flexibility index (Phi) is 23.8. The lowest BCUT2D eigenvalue weighted by molar-refractivity contribution is -0.372. The molecule has 0 radical (unpaired) electrons. The molecule has 5 fully saturated rings. The topological polar surface area (TPSA) is 399 Å². The first-order valence-corrected chi connectivity index (χ1v) is 26.1. The number of carbonyl (C=O) groups excluding carboxylic acids is 2. The maximum Gasteiger partial charge on any atom is 0.308 e. The van der Waals surface area contributed by atoms with E-state index in [1.807, 2.05) is 20.8 Å². The van der Waals surface area contributed by atoms with Gasteiger partial charge in [-0.15, -0.1) is 0 Å². The van der Waals surface area contributed by atoms with Crippen molar-refractivity contribution in [2.45, 2.75) is 260 Å². The van der Waals surface area contributed by atoms with Crippen LogP contribution in [0.4, 0.5) is 0 Å². The first-order chi connectivity index (χ1) is 35.1. The summed E-state index contributed by atoms with van der Waals surface area (Å²) < 4.78 is 63.5. The highest BCUT2D eigenvalue weighted by Gasteiger charge is 2.55. The summed E-state index contributed by atoms with van der Waals surface area (Å²) in [6, 6.07) is 0. The van der Waals surface area contributed by atoms with Crippen LogP contribution in [0.2, 0.25) is 0 Å². The average molecular weight is 1090 g/mol. The fourth-order valence-corrected chi connectivity index (χ4v) is 9.77. The number of esters is 2. The maximum atomic E-state index is 13.5. The molecule has 0 amide bonds. The molecule has 0 spiro atoms. The first-order valence-electron chi connectivity index (χ1n) is 26.1. The SMILES string of the molecule is CC[C@H](C)[C@H](C[C@H](O)CC(=O)O[C@H]1C(C)O[C@@H](C(C)(C)C)C(O[C@@H]2OC(C)[C@H](O[C@@H]3OC[C@@H](O)C(O[C@@H]4OC[C@@H](O)C(O)C4O)C3O)C(O)C2O)C1O)OC(=O)C[C@@H](O)C[C@H](O[C@@H]1O[C@@H](CO)C(O)C1O)[C@@H](C)CC. The molecule has 13 N–H and O–H groups in total. The summed E-state index contributed by atoms with van der Waals surface area (Å²) in [5, 5.41) is 139. The average Bonchev–Trinajstić information content (AvgIpc) is 3.62. The predicted octanol–water partition coefficient (Wildman–Crippen LogP) is -3.66. The molecule has 0 aliphatic carbocycles. The Labute approximate surface area is 436 Å². The summed E-state index contributed by atoms with van der Waals surface area (Å²) in [6.45, 7) is 14.3. The zero-order valence-corrected chi connectivity index (χ0v) is 44.2. The molecule has 0 bridgehead atoms. The lowest BCUT2D eigenvalue weighted by Gasteiger charge is -2.50. The monoisotopic (exact) mass is 1090 g/mol. The van der Waals surface area contributed by atoms with E-state index in [-0.39, 0.29) is 24.7 Å². The van der Waals surface area contributed by atoms with Crippen molar-refractivity contribution in [3.63, 3.8) is 0 Å². The van der Waals surface area contributed by atoms with E-state index in [1.54, 1.807) is 34.6 Å². The Morgan fingerprint density at radius 3 is 1.65 bits per heavy atom. The summed E-state index contributed by atoms with van der Waals surface area (Å²) in [4.78, 5) is 26.7. The highest BCUT2D eigenvalue weighted by molar-refractivity contribution is 5.71. The van der Waals surface area contributed by atoms with Gasteiger partial charge in [0.05, 0.1) is 69.3 Å². The molecule has 0 aromatic rings. The van der Waals surface area contributed by atoms with Crippen molar-refractivity contribution in [3.05, 3.63) is 0 Å². The van der Waals surface area contributed by atoms with Crippen molar-refractivity contribution in [2.75, 3.05) is 19.8 Å². The number of carbonyl (C=O) groups is 2. The van der Waals surface area contributed by atoms with Gasteiger partial charge in [0.25, 0.3) is 0 Å². The van der Waals surface area contributed by atoms with Crippen molar-refractivity contribution in [1.82, 2.24) is 0 Å². The van der Waals surface area contributed by atoms with Gasteiger partial charge in [0.1, 0.15) is 91.6 Å². The molecule has 5 saturated heterocycles. The van der Waals surface area contributed by atoms with Gasteiger partial charge in [-0.3, -0.25) is 9.59 Å². The van der Waals surface area contributed by atoms with Gasteiger partial charge in [-0.2, -0.15) is 0 Å². The number of ether oxygens (including phenoxy) is 11. The largest absolute Gasteiger partial charge is 0.462 e. The van der Waals surface area contributed by atoms with E-state index in [9.17, 15) is 76.0 Å². The molecule has 26 heteroatoms. The van der Waals surface area contributed by atoms with Gasteiger partial charge in [-0.25, -0.2) is 0 Å². The second-order valence-corrected chi connectivity index (χ2v) is 21.9. The third-order valence-corrected chi connectivity index (χ3v) is 14.9. The number of aliphatic hydroxyl groups excluding tert-OH is 13. The third kappa shape index (κ3) is 16.1.